The maximum absolute atomic E-state index is 10.8. The van der Waals surface area contributed by atoms with Crippen molar-refractivity contribution in [3.8, 4) is 11.5 Å². The van der Waals surface area contributed by atoms with Crippen molar-refractivity contribution in [3.63, 3.8) is 0 Å². The predicted octanol–water partition coefficient (Wildman–Crippen LogP) is 2.01. The Kier molecular flexibility index (Phi) is 4.84. The van der Waals surface area contributed by atoms with Crippen LogP contribution >= 0.6 is 0 Å². The maximum atomic E-state index is 10.8. The van der Waals surface area contributed by atoms with Gasteiger partial charge in [0.05, 0.1) is 6.42 Å². The standard InChI is InChI=1S/C15H21NO4/c1-3-16(11(2)8-15(17)18)9-12-10-19-13-6-4-5-7-14(13)20-12/h4-7,11-12H,3,8-10H2,1-2H3,(H,17,18). The number of aliphatic carboxylic acids is 1. The van der Waals surface area contributed by atoms with Gasteiger partial charge in [-0.25, -0.2) is 0 Å². The van der Waals surface area contributed by atoms with Gasteiger partial charge in [0.1, 0.15) is 12.7 Å². The normalized spacial score (nSPS) is 18.9. The minimum absolute atomic E-state index is 0.0155. The zero-order valence-electron chi connectivity index (χ0n) is 11.9. The minimum Gasteiger partial charge on any atom is -0.486 e. The Morgan fingerprint density at radius 1 is 1.45 bits per heavy atom. The van der Waals surface area contributed by atoms with E-state index in [1.165, 1.54) is 0 Å². The van der Waals surface area contributed by atoms with Gasteiger partial charge in [-0.2, -0.15) is 0 Å². The molecule has 1 N–H and O–H groups in total. The molecule has 1 heterocycles. The summed E-state index contributed by atoms with van der Waals surface area (Å²) >= 11 is 0. The van der Waals surface area contributed by atoms with Gasteiger partial charge in [-0.1, -0.05) is 19.1 Å². The average molecular weight is 279 g/mol. The molecule has 1 aromatic rings. The first-order chi connectivity index (χ1) is 9.60. The molecule has 5 nitrogen and oxygen atoms in total. The van der Waals surface area contributed by atoms with Crippen molar-refractivity contribution in [1.29, 1.82) is 0 Å². The Bertz CT molecular complexity index is 463. The van der Waals surface area contributed by atoms with Crippen LogP contribution in [0.3, 0.4) is 0 Å². The van der Waals surface area contributed by atoms with E-state index in [0.717, 1.165) is 18.0 Å². The summed E-state index contributed by atoms with van der Waals surface area (Å²) in [5, 5.41) is 8.88. The van der Waals surface area contributed by atoms with Crippen LogP contribution in [0.4, 0.5) is 0 Å². The van der Waals surface area contributed by atoms with E-state index in [1.54, 1.807) is 0 Å². The second kappa shape index (κ2) is 6.61. The number of benzene rings is 1. The lowest BCUT2D eigenvalue weighted by molar-refractivity contribution is -0.138. The molecule has 0 aromatic heterocycles. The van der Waals surface area contributed by atoms with Crippen LogP contribution in [0.1, 0.15) is 20.3 Å². The fraction of sp³-hybridized carbons (Fsp3) is 0.533. The van der Waals surface area contributed by atoms with Crippen LogP contribution in [-0.2, 0) is 4.79 Å². The van der Waals surface area contributed by atoms with Crippen molar-refractivity contribution in [2.75, 3.05) is 19.7 Å². The third-order valence-corrected chi connectivity index (χ3v) is 3.51. The third-order valence-electron chi connectivity index (χ3n) is 3.51. The SMILES string of the molecule is CCN(CC1COc2ccccc2O1)C(C)CC(=O)O. The largest absolute Gasteiger partial charge is 0.486 e. The molecule has 0 spiro atoms. The first kappa shape index (κ1) is 14.7. The predicted molar refractivity (Wildman–Crippen MR) is 75.3 cm³/mol. The summed E-state index contributed by atoms with van der Waals surface area (Å²) < 4.78 is 11.6. The topological polar surface area (TPSA) is 59.0 Å². The first-order valence-corrected chi connectivity index (χ1v) is 6.94. The Balaban J connectivity index is 1.94. The number of likely N-dealkylation sites (N-methyl/N-ethyl adjacent to an activating group) is 1. The van der Waals surface area contributed by atoms with Crippen molar-refractivity contribution in [2.24, 2.45) is 0 Å². The lowest BCUT2D eigenvalue weighted by atomic mass is 10.1. The van der Waals surface area contributed by atoms with E-state index in [9.17, 15) is 4.79 Å². The monoisotopic (exact) mass is 279 g/mol. The average Bonchev–Trinajstić information content (AvgIpc) is 2.43. The minimum atomic E-state index is -0.776. The van der Waals surface area contributed by atoms with Crippen LogP contribution < -0.4 is 9.47 Å². The molecule has 0 bridgehead atoms. The second-order valence-corrected chi connectivity index (χ2v) is 5.03. The highest BCUT2D eigenvalue weighted by atomic mass is 16.6. The van der Waals surface area contributed by atoms with Crippen LogP contribution in [0.15, 0.2) is 24.3 Å². The molecule has 0 aliphatic carbocycles. The zero-order chi connectivity index (χ0) is 14.5. The molecule has 5 heteroatoms. The van der Waals surface area contributed by atoms with Gasteiger partial charge in [0.25, 0.3) is 0 Å². The van der Waals surface area contributed by atoms with Crippen LogP contribution in [0, 0.1) is 0 Å². The molecule has 1 aliphatic heterocycles. The molecule has 110 valence electrons. The van der Waals surface area contributed by atoms with Gasteiger partial charge < -0.3 is 14.6 Å². The van der Waals surface area contributed by atoms with Crippen molar-refractivity contribution >= 4 is 5.97 Å². The highest BCUT2D eigenvalue weighted by molar-refractivity contribution is 5.67. The molecule has 2 atom stereocenters. The lowest BCUT2D eigenvalue weighted by Gasteiger charge is -2.33. The van der Waals surface area contributed by atoms with Crippen LogP contribution in [0.2, 0.25) is 0 Å². The Labute approximate surface area is 119 Å². The summed E-state index contributed by atoms with van der Waals surface area (Å²) in [6.07, 6.45) is 0.0685. The number of carboxylic acids is 1. The molecule has 0 radical (unpaired) electrons. The van der Waals surface area contributed by atoms with E-state index in [4.69, 9.17) is 14.6 Å². The zero-order valence-corrected chi connectivity index (χ0v) is 11.9. The van der Waals surface area contributed by atoms with E-state index in [1.807, 2.05) is 38.1 Å². The Morgan fingerprint density at radius 3 is 2.80 bits per heavy atom. The van der Waals surface area contributed by atoms with Crippen LogP contribution in [0.25, 0.3) is 0 Å². The number of nitrogens with zero attached hydrogens (tertiary/aromatic N) is 1. The third kappa shape index (κ3) is 3.63. The van der Waals surface area contributed by atoms with E-state index in [0.29, 0.717) is 13.2 Å². The summed E-state index contributed by atoms with van der Waals surface area (Å²) in [4.78, 5) is 12.9. The summed E-state index contributed by atoms with van der Waals surface area (Å²) in [7, 11) is 0. The van der Waals surface area contributed by atoms with Gasteiger partial charge in [0.2, 0.25) is 0 Å². The number of fused-ring (bicyclic) bond motifs is 1. The molecule has 2 rings (SSSR count). The Morgan fingerprint density at radius 2 is 2.15 bits per heavy atom. The maximum Gasteiger partial charge on any atom is 0.304 e. The number of carboxylic acid groups (broad SMARTS) is 1. The van der Waals surface area contributed by atoms with Crippen molar-refractivity contribution in [2.45, 2.75) is 32.4 Å². The second-order valence-electron chi connectivity index (χ2n) is 5.03. The van der Waals surface area contributed by atoms with Gasteiger partial charge in [-0.3, -0.25) is 9.69 Å². The molecule has 1 aromatic carbocycles. The van der Waals surface area contributed by atoms with Crippen LogP contribution in [-0.4, -0.2) is 47.8 Å². The molecule has 2 unspecified atom stereocenters. The summed E-state index contributed by atoms with van der Waals surface area (Å²) in [6, 6.07) is 7.58. The summed E-state index contributed by atoms with van der Waals surface area (Å²) in [5.74, 6) is 0.748. The molecule has 0 fully saturated rings. The van der Waals surface area contributed by atoms with Gasteiger partial charge in [0, 0.05) is 12.6 Å². The van der Waals surface area contributed by atoms with Gasteiger partial charge in [0.15, 0.2) is 11.5 Å². The number of rotatable bonds is 6. The quantitative estimate of drug-likeness (QED) is 0.863. The molecular formula is C15H21NO4. The molecule has 0 amide bonds. The van der Waals surface area contributed by atoms with E-state index in [-0.39, 0.29) is 18.6 Å². The molecule has 20 heavy (non-hydrogen) atoms. The highest BCUT2D eigenvalue weighted by Crippen LogP contribution is 2.31. The van der Waals surface area contributed by atoms with E-state index >= 15 is 0 Å². The number of ether oxygens (including phenoxy) is 2. The first-order valence-electron chi connectivity index (χ1n) is 6.94. The number of para-hydroxylation sites is 2. The van der Waals surface area contributed by atoms with Gasteiger partial charge in [-0.05, 0) is 25.6 Å². The van der Waals surface area contributed by atoms with E-state index in [2.05, 4.69) is 4.90 Å². The number of carbonyl (C=O) groups is 1. The van der Waals surface area contributed by atoms with Crippen molar-refractivity contribution in [3.05, 3.63) is 24.3 Å². The smallest absolute Gasteiger partial charge is 0.304 e. The summed E-state index contributed by atoms with van der Waals surface area (Å²) in [6.45, 7) is 5.90. The Hall–Kier alpha value is -1.75. The number of hydrogen-bond donors (Lipinski definition) is 1. The van der Waals surface area contributed by atoms with E-state index < -0.39 is 5.97 Å². The fourth-order valence-electron chi connectivity index (χ4n) is 2.42. The van der Waals surface area contributed by atoms with Gasteiger partial charge >= 0.3 is 5.97 Å². The number of hydrogen-bond acceptors (Lipinski definition) is 4. The molecule has 0 saturated heterocycles. The fourth-order valence-corrected chi connectivity index (χ4v) is 2.42. The van der Waals surface area contributed by atoms with Gasteiger partial charge in [-0.15, -0.1) is 0 Å². The van der Waals surface area contributed by atoms with Crippen molar-refractivity contribution in [1.82, 2.24) is 4.90 Å². The highest BCUT2D eigenvalue weighted by Gasteiger charge is 2.25. The van der Waals surface area contributed by atoms with Crippen molar-refractivity contribution < 1.29 is 19.4 Å². The molecular weight excluding hydrogens is 258 g/mol. The molecule has 0 saturated carbocycles. The molecule has 1 aliphatic rings. The summed E-state index contributed by atoms with van der Waals surface area (Å²) in [5.41, 5.74) is 0. The lowest BCUT2D eigenvalue weighted by Crippen LogP contribution is -2.45. The van der Waals surface area contributed by atoms with Crippen LogP contribution in [0.5, 0.6) is 11.5 Å².